The Hall–Kier alpha value is -1.46. The van der Waals surface area contributed by atoms with Crippen molar-refractivity contribution in [3.63, 3.8) is 0 Å². The Morgan fingerprint density at radius 2 is 2.00 bits per heavy atom. The molecule has 1 saturated carbocycles. The number of benzene rings is 1. The first-order valence-electron chi connectivity index (χ1n) is 8.70. The molecule has 0 radical (unpaired) electrons. The first kappa shape index (κ1) is 17.4. The van der Waals surface area contributed by atoms with Gasteiger partial charge in [-0.15, -0.1) is 12.4 Å². The summed E-state index contributed by atoms with van der Waals surface area (Å²) in [6.45, 7) is 3.03. The maximum atomic E-state index is 12.5. The van der Waals surface area contributed by atoms with Crippen molar-refractivity contribution < 1.29 is 14.3 Å². The van der Waals surface area contributed by atoms with Crippen LogP contribution in [0.1, 0.15) is 45.4 Å². The lowest BCUT2D eigenvalue weighted by Crippen LogP contribution is -2.40. The number of nitrogens with one attached hydrogen (secondary N) is 2. The number of anilines is 1. The van der Waals surface area contributed by atoms with Gasteiger partial charge in [-0.1, -0.05) is 0 Å². The Morgan fingerprint density at radius 1 is 1.25 bits per heavy atom. The van der Waals surface area contributed by atoms with E-state index in [1.807, 2.05) is 18.2 Å². The number of fused-ring (bicyclic) bond motifs is 1. The molecule has 1 aliphatic carbocycles. The monoisotopic (exact) mass is 352 g/mol. The zero-order valence-corrected chi connectivity index (χ0v) is 14.8. The SMILES string of the molecule is C[C@H]1C[C@@H](C(=O)Nc2ccc3c(c2)OC2(CCCC2)O3)CCN1.Cl. The summed E-state index contributed by atoms with van der Waals surface area (Å²) in [4.78, 5) is 12.5. The molecular formula is C18H25ClN2O3. The first-order chi connectivity index (χ1) is 11.1. The molecule has 3 aliphatic rings. The van der Waals surface area contributed by atoms with Crippen LogP contribution in [-0.4, -0.2) is 24.3 Å². The third-order valence-corrected chi connectivity index (χ3v) is 5.16. The number of carbonyl (C=O) groups is 1. The summed E-state index contributed by atoms with van der Waals surface area (Å²) in [5.41, 5.74) is 0.790. The lowest BCUT2D eigenvalue weighted by Gasteiger charge is -2.27. The summed E-state index contributed by atoms with van der Waals surface area (Å²) < 4.78 is 12.1. The number of carbonyl (C=O) groups excluding carboxylic acids is 1. The van der Waals surface area contributed by atoms with Gasteiger partial charge in [-0.05, 0) is 51.3 Å². The van der Waals surface area contributed by atoms with Crippen molar-refractivity contribution in [2.75, 3.05) is 11.9 Å². The predicted octanol–water partition coefficient (Wildman–Crippen LogP) is 3.48. The van der Waals surface area contributed by atoms with Gasteiger partial charge >= 0.3 is 0 Å². The standard InChI is InChI=1S/C18H24N2O3.ClH/c1-12-10-13(6-9-19-12)17(21)20-14-4-5-15-16(11-14)23-18(22-15)7-2-3-8-18;/h4-5,11-13,19H,2-3,6-10H2,1H3,(H,20,21);1H/t12-,13-;/m0./s1. The summed E-state index contributed by atoms with van der Waals surface area (Å²) in [7, 11) is 0. The van der Waals surface area contributed by atoms with Gasteiger partial charge in [0.25, 0.3) is 5.79 Å². The van der Waals surface area contributed by atoms with E-state index < -0.39 is 5.79 Å². The molecule has 1 saturated heterocycles. The fourth-order valence-corrected chi connectivity index (χ4v) is 3.90. The average Bonchev–Trinajstić information content (AvgIpc) is 3.13. The third-order valence-electron chi connectivity index (χ3n) is 5.16. The van der Waals surface area contributed by atoms with Crippen molar-refractivity contribution in [2.45, 2.75) is 57.3 Å². The van der Waals surface area contributed by atoms with Gasteiger partial charge in [0, 0.05) is 36.6 Å². The smallest absolute Gasteiger partial charge is 0.251 e. The molecule has 2 aliphatic heterocycles. The van der Waals surface area contributed by atoms with E-state index in [1.54, 1.807) is 0 Å². The van der Waals surface area contributed by atoms with E-state index in [-0.39, 0.29) is 24.2 Å². The zero-order chi connectivity index (χ0) is 15.9. The second kappa shape index (κ2) is 6.81. The summed E-state index contributed by atoms with van der Waals surface area (Å²) in [5.74, 6) is 1.28. The predicted molar refractivity (Wildman–Crippen MR) is 95.0 cm³/mol. The highest BCUT2D eigenvalue weighted by Gasteiger charge is 2.44. The van der Waals surface area contributed by atoms with Crippen LogP contribution in [0.5, 0.6) is 11.5 Å². The van der Waals surface area contributed by atoms with E-state index in [4.69, 9.17) is 9.47 Å². The molecule has 0 aromatic heterocycles. The molecule has 2 heterocycles. The van der Waals surface area contributed by atoms with E-state index in [0.717, 1.165) is 62.3 Å². The third kappa shape index (κ3) is 3.33. The van der Waals surface area contributed by atoms with Gasteiger partial charge in [-0.2, -0.15) is 0 Å². The average molecular weight is 353 g/mol. The Bertz CT molecular complexity index is 616. The molecule has 1 spiro atoms. The zero-order valence-electron chi connectivity index (χ0n) is 14.0. The highest BCUT2D eigenvalue weighted by atomic mass is 35.5. The van der Waals surface area contributed by atoms with Crippen LogP contribution in [0.15, 0.2) is 18.2 Å². The molecule has 132 valence electrons. The minimum absolute atomic E-state index is 0. The Morgan fingerprint density at radius 3 is 2.75 bits per heavy atom. The molecule has 4 rings (SSSR count). The minimum atomic E-state index is -0.449. The van der Waals surface area contributed by atoms with Gasteiger partial charge in [0.1, 0.15) is 0 Å². The fraction of sp³-hybridized carbons (Fsp3) is 0.611. The number of hydrogen-bond acceptors (Lipinski definition) is 4. The second-order valence-electron chi connectivity index (χ2n) is 7.05. The number of rotatable bonds is 2. The second-order valence-corrected chi connectivity index (χ2v) is 7.05. The van der Waals surface area contributed by atoms with Crippen LogP contribution in [-0.2, 0) is 4.79 Å². The van der Waals surface area contributed by atoms with Crippen LogP contribution in [0.3, 0.4) is 0 Å². The van der Waals surface area contributed by atoms with Crippen LogP contribution in [0, 0.1) is 5.92 Å². The molecule has 1 amide bonds. The van der Waals surface area contributed by atoms with Gasteiger partial charge in [0.2, 0.25) is 5.91 Å². The Kier molecular flexibility index (Phi) is 4.92. The first-order valence-corrected chi connectivity index (χ1v) is 8.70. The number of ether oxygens (including phenoxy) is 2. The van der Waals surface area contributed by atoms with Crippen molar-refractivity contribution in [3.05, 3.63) is 18.2 Å². The summed E-state index contributed by atoms with van der Waals surface area (Å²) >= 11 is 0. The van der Waals surface area contributed by atoms with Gasteiger partial charge in [-0.25, -0.2) is 0 Å². The van der Waals surface area contributed by atoms with Gasteiger partial charge < -0.3 is 20.1 Å². The van der Waals surface area contributed by atoms with Crippen molar-refractivity contribution in [3.8, 4) is 11.5 Å². The van der Waals surface area contributed by atoms with Crippen LogP contribution < -0.4 is 20.1 Å². The molecule has 0 unspecified atom stereocenters. The molecule has 5 nitrogen and oxygen atoms in total. The normalized spacial score (nSPS) is 26.9. The van der Waals surface area contributed by atoms with Crippen LogP contribution in [0.4, 0.5) is 5.69 Å². The van der Waals surface area contributed by atoms with E-state index >= 15 is 0 Å². The Balaban J connectivity index is 0.00000169. The van der Waals surface area contributed by atoms with Crippen molar-refractivity contribution in [2.24, 2.45) is 5.92 Å². The molecule has 1 aromatic rings. The highest BCUT2D eigenvalue weighted by Crippen LogP contribution is 2.47. The van der Waals surface area contributed by atoms with Crippen molar-refractivity contribution in [1.82, 2.24) is 5.32 Å². The van der Waals surface area contributed by atoms with E-state index in [2.05, 4.69) is 17.6 Å². The molecule has 0 bridgehead atoms. The number of piperidine rings is 1. The van der Waals surface area contributed by atoms with E-state index in [1.165, 1.54) is 0 Å². The molecule has 24 heavy (non-hydrogen) atoms. The quantitative estimate of drug-likeness (QED) is 0.855. The minimum Gasteiger partial charge on any atom is -0.448 e. The lowest BCUT2D eigenvalue weighted by molar-refractivity contribution is -0.120. The van der Waals surface area contributed by atoms with E-state index in [0.29, 0.717) is 6.04 Å². The maximum absolute atomic E-state index is 12.5. The molecule has 1 aromatic carbocycles. The largest absolute Gasteiger partial charge is 0.448 e. The fourth-order valence-electron chi connectivity index (χ4n) is 3.90. The van der Waals surface area contributed by atoms with E-state index in [9.17, 15) is 4.79 Å². The summed E-state index contributed by atoms with van der Waals surface area (Å²) in [6.07, 6.45) is 5.95. The van der Waals surface area contributed by atoms with Crippen molar-refractivity contribution in [1.29, 1.82) is 0 Å². The van der Waals surface area contributed by atoms with Gasteiger partial charge in [-0.3, -0.25) is 4.79 Å². The molecule has 2 fully saturated rings. The van der Waals surface area contributed by atoms with Crippen LogP contribution >= 0.6 is 12.4 Å². The molecule has 6 heteroatoms. The lowest BCUT2D eigenvalue weighted by atomic mass is 9.92. The maximum Gasteiger partial charge on any atom is 0.251 e. The molecular weight excluding hydrogens is 328 g/mol. The highest BCUT2D eigenvalue weighted by molar-refractivity contribution is 5.93. The number of halogens is 1. The molecule has 2 N–H and O–H groups in total. The summed E-state index contributed by atoms with van der Waals surface area (Å²) in [5, 5.41) is 6.41. The van der Waals surface area contributed by atoms with Crippen LogP contribution in [0.25, 0.3) is 0 Å². The number of amides is 1. The topological polar surface area (TPSA) is 59.6 Å². The Labute approximate surface area is 148 Å². The van der Waals surface area contributed by atoms with Gasteiger partial charge in [0.15, 0.2) is 11.5 Å². The van der Waals surface area contributed by atoms with Crippen LogP contribution in [0.2, 0.25) is 0 Å². The molecule has 2 atom stereocenters. The van der Waals surface area contributed by atoms with Crippen molar-refractivity contribution >= 4 is 24.0 Å². The van der Waals surface area contributed by atoms with Gasteiger partial charge in [0.05, 0.1) is 0 Å². The number of hydrogen-bond donors (Lipinski definition) is 2. The summed E-state index contributed by atoms with van der Waals surface area (Å²) in [6, 6.07) is 6.10.